The minimum atomic E-state index is -3.73. The number of rotatable bonds is 6. The zero-order valence-corrected chi connectivity index (χ0v) is 20.9. The van der Waals surface area contributed by atoms with Crippen LogP contribution in [0, 0.1) is 5.92 Å². The van der Waals surface area contributed by atoms with Gasteiger partial charge in [-0.25, -0.2) is 4.79 Å². The van der Waals surface area contributed by atoms with Crippen LogP contribution in [0.1, 0.15) is 72.5 Å². The lowest BCUT2D eigenvalue weighted by Crippen LogP contribution is -2.44. The highest BCUT2D eigenvalue weighted by molar-refractivity contribution is 5.92. The fraction of sp³-hybridized carbons (Fsp3) is 0.500. The molecule has 1 amide bonds. The van der Waals surface area contributed by atoms with Gasteiger partial charge in [0.25, 0.3) is 0 Å². The Labute approximate surface area is 218 Å². The number of carboxylic acid groups (broad SMARTS) is 1. The van der Waals surface area contributed by atoms with E-state index in [-0.39, 0.29) is 41.1 Å². The number of carbonyl (C=O) groups excluding carboxylic acids is 1. The molecule has 0 saturated heterocycles. The molecule has 202 valence electrons. The van der Waals surface area contributed by atoms with E-state index in [1.54, 1.807) is 25.3 Å². The Hall–Kier alpha value is -3.40. The summed E-state index contributed by atoms with van der Waals surface area (Å²) < 4.78 is 48.1. The number of amides is 1. The van der Waals surface area contributed by atoms with Gasteiger partial charge in [0.15, 0.2) is 11.5 Å². The van der Waals surface area contributed by atoms with Crippen LogP contribution in [-0.4, -0.2) is 42.6 Å². The van der Waals surface area contributed by atoms with Crippen LogP contribution in [-0.2, 0) is 14.9 Å². The second kappa shape index (κ2) is 9.11. The van der Waals surface area contributed by atoms with Gasteiger partial charge >= 0.3 is 12.3 Å². The molecule has 0 aromatic heterocycles. The third-order valence-corrected chi connectivity index (χ3v) is 8.35. The van der Waals surface area contributed by atoms with Crippen molar-refractivity contribution in [3.8, 4) is 17.2 Å². The van der Waals surface area contributed by atoms with Crippen molar-refractivity contribution in [1.82, 2.24) is 5.32 Å². The first kappa shape index (κ1) is 24.9. The number of halogens is 2. The summed E-state index contributed by atoms with van der Waals surface area (Å²) >= 11 is 0. The van der Waals surface area contributed by atoms with E-state index in [0.29, 0.717) is 36.1 Å². The second-order valence-corrected chi connectivity index (χ2v) is 10.7. The number of methoxy groups -OCH3 is 1. The maximum absolute atomic E-state index is 13.7. The number of alkyl halides is 2. The minimum Gasteiger partial charge on any atom is -0.490 e. The minimum absolute atomic E-state index is 0.0702. The van der Waals surface area contributed by atoms with Gasteiger partial charge < -0.3 is 29.4 Å². The Kier molecular flexibility index (Phi) is 5.97. The number of aromatic carboxylic acids is 1. The third-order valence-electron chi connectivity index (χ3n) is 8.35. The van der Waals surface area contributed by atoms with Crippen molar-refractivity contribution in [3.63, 3.8) is 0 Å². The van der Waals surface area contributed by atoms with Crippen LogP contribution in [0.25, 0.3) is 0 Å². The molecule has 0 radical (unpaired) electrons. The molecular weight excluding hydrogens is 500 g/mol. The summed E-state index contributed by atoms with van der Waals surface area (Å²) in [5.74, 6) is -0.666. The maximum Gasteiger partial charge on any atom is 0.586 e. The Morgan fingerprint density at radius 2 is 1.79 bits per heavy atom. The van der Waals surface area contributed by atoms with E-state index in [1.807, 2.05) is 0 Å². The Morgan fingerprint density at radius 1 is 1.03 bits per heavy atom. The van der Waals surface area contributed by atoms with E-state index >= 15 is 0 Å². The Balaban J connectivity index is 1.27. The number of carbonyl (C=O) groups is 2. The van der Waals surface area contributed by atoms with Crippen LogP contribution in [0.5, 0.6) is 17.2 Å². The topological polar surface area (TPSA) is 103 Å². The highest BCUT2D eigenvalue weighted by Crippen LogP contribution is 2.52. The number of ether oxygens (including phenoxy) is 4. The summed E-state index contributed by atoms with van der Waals surface area (Å²) in [6.07, 6.45) is 1.74. The quantitative estimate of drug-likeness (QED) is 0.546. The van der Waals surface area contributed by atoms with Gasteiger partial charge in [-0.15, -0.1) is 8.78 Å². The van der Waals surface area contributed by atoms with E-state index < -0.39 is 23.7 Å². The Morgan fingerprint density at radius 3 is 2.53 bits per heavy atom. The largest absolute Gasteiger partial charge is 0.586 e. The average molecular weight is 530 g/mol. The van der Waals surface area contributed by atoms with Gasteiger partial charge in [0.05, 0.1) is 23.1 Å². The highest BCUT2D eigenvalue weighted by atomic mass is 19.3. The van der Waals surface area contributed by atoms with Crippen LogP contribution in [0.3, 0.4) is 0 Å². The van der Waals surface area contributed by atoms with Crippen molar-refractivity contribution in [1.29, 1.82) is 0 Å². The third kappa shape index (κ3) is 4.44. The zero-order valence-electron chi connectivity index (χ0n) is 20.9. The predicted molar refractivity (Wildman–Crippen MR) is 130 cm³/mol. The molecule has 2 heterocycles. The van der Waals surface area contributed by atoms with E-state index in [1.165, 1.54) is 18.2 Å². The van der Waals surface area contributed by atoms with Crippen LogP contribution >= 0.6 is 0 Å². The molecule has 2 saturated carbocycles. The van der Waals surface area contributed by atoms with Crippen LogP contribution in [0.4, 0.5) is 8.78 Å². The molecule has 0 spiro atoms. The molecule has 4 aliphatic rings. The summed E-state index contributed by atoms with van der Waals surface area (Å²) in [4.78, 5) is 25.4. The SMILES string of the molecule is COC1CCCC([C@H]2C[C@@H](NC(=O)C3(c4ccc5c(c4)OC(F)(F)O5)CC3)c3cc(C(=O)O)ccc3O2)C1. The number of hydrogen-bond donors (Lipinski definition) is 2. The molecule has 2 unspecified atom stereocenters. The fourth-order valence-electron chi connectivity index (χ4n) is 6.10. The molecule has 2 aromatic carbocycles. The molecule has 4 atom stereocenters. The molecule has 6 rings (SSSR count). The summed E-state index contributed by atoms with van der Waals surface area (Å²) in [6.45, 7) is 0. The van der Waals surface area contributed by atoms with Crippen LogP contribution < -0.4 is 19.5 Å². The molecule has 2 aromatic rings. The molecule has 2 N–H and O–H groups in total. The number of carboxylic acids is 1. The molecule has 38 heavy (non-hydrogen) atoms. The molecule has 2 fully saturated rings. The number of nitrogens with one attached hydrogen (secondary N) is 1. The first-order valence-electron chi connectivity index (χ1n) is 13.0. The first-order valence-corrected chi connectivity index (χ1v) is 13.0. The van der Waals surface area contributed by atoms with Gasteiger partial charge in [0, 0.05) is 19.1 Å². The van der Waals surface area contributed by atoms with Gasteiger partial charge in [-0.2, -0.15) is 0 Å². The van der Waals surface area contributed by atoms with Crippen molar-refractivity contribution in [2.75, 3.05) is 7.11 Å². The first-order chi connectivity index (χ1) is 18.2. The normalized spacial score (nSPS) is 28.1. The van der Waals surface area contributed by atoms with Gasteiger partial charge in [0.1, 0.15) is 11.9 Å². The smallest absolute Gasteiger partial charge is 0.490 e. The van der Waals surface area contributed by atoms with Crippen molar-refractivity contribution in [2.24, 2.45) is 5.92 Å². The number of fused-ring (bicyclic) bond motifs is 2. The number of hydrogen-bond acceptors (Lipinski definition) is 6. The average Bonchev–Trinajstić information content (AvgIpc) is 3.65. The van der Waals surface area contributed by atoms with E-state index in [0.717, 1.165) is 25.7 Å². The van der Waals surface area contributed by atoms with E-state index in [9.17, 15) is 23.5 Å². The monoisotopic (exact) mass is 529 g/mol. The van der Waals surface area contributed by atoms with Crippen LogP contribution in [0.15, 0.2) is 36.4 Å². The van der Waals surface area contributed by atoms with Gasteiger partial charge in [-0.3, -0.25) is 4.79 Å². The summed E-state index contributed by atoms with van der Waals surface area (Å²) in [6, 6.07) is 8.71. The van der Waals surface area contributed by atoms with E-state index in [2.05, 4.69) is 14.8 Å². The Bertz CT molecular complexity index is 1280. The lowest BCUT2D eigenvalue weighted by atomic mass is 9.79. The van der Waals surface area contributed by atoms with Crippen molar-refractivity contribution in [2.45, 2.75) is 74.9 Å². The van der Waals surface area contributed by atoms with Gasteiger partial charge in [0.2, 0.25) is 5.91 Å². The standard InChI is InChI=1S/C28H29F2NO7/c1-35-18-4-2-3-15(11-18)23-14-20(19-12-16(25(32)33)5-7-21(19)36-23)31-26(34)27(9-10-27)17-6-8-22-24(13-17)38-28(29,30)37-22/h5-8,12-13,15,18,20,23H,2-4,9-11,14H2,1H3,(H,31,34)(H,32,33)/t15?,18?,20-,23-/m1/s1. The highest BCUT2D eigenvalue weighted by Gasteiger charge is 2.53. The van der Waals surface area contributed by atoms with Gasteiger partial charge in [-0.1, -0.05) is 12.5 Å². The fourth-order valence-corrected chi connectivity index (χ4v) is 6.10. The molecule has 2 aliphatic carbocycles. The second-order valence-electron chi connectivity index (χ2n) is 10.7. The molecule has 0 bridgehead atoms. The predicted octanol–water partition coefficient (Wildman–Crippen LogP) is 4.95. The van der Waals surface area contributed by atoms with Gasteiger partial charge in [-0.05, 0) is 73.9 Å². The molecule has 2 aliphatic heterocycles. The molecule has 10 heteroatoms. The van der Waals surface area contributed by atoms with Crippen molar-refractivity contribution >= 4 is 11.9 Å². The van der Waals surface area contributed by atoms with Crippen LogP contribution in [0.2, 0.25) is 0 Å². The lowest BCUT2D eigenvalue weighted by Gasteiger charge is -2.40. The summed E-state index contributed by atoms with van der Waals surface area (Å²) in [7, 11) is 1.72. The van der Waals surface area contributed by atoms with Crippen molar-refractivity contribution < 1.29 is 42.4 Å². The zero-order chi connectivity index (χ0) is 26.7. The van der Waals surface area contributed by atoms with Crippen molar-refractivity contribution in [3.05, 3.63) is 53.1 Å². The molecular formula is C28H29F2NO7. The summed E-state index contributed by atoms with van der Waals surface area (Å²) in [5.41, 5.74) is 0.434. The molecule has 8 nitrogen and oxygen atoms in total. The summed E-state index contributed by atoms with van der Waals surface area (Å²) in [5, 5.41) is 12.7. The van der Waals surface area contributed by atoms with E-state index in [4.69, 9.17) is 9.47 Å². The lowest BCUT2D eigenvalue weighted by molar-refractivity contribution is -0.286. The number of benzene rings is 2. The maximum atomic E-state index is 13.7.